The van der Waals surface area contributed by atoms with Crippen LogP contribution in [-0.2, 0) is 0 Å². The van der Waals surface area contributed by atoms with E-state index in [9.17, 15) is 4.79 Å². The van der Waals surface area contributed by atoms with E-state index in [4.69, 9.17) is 4.42 Å². The second kappa shape index (κ2) is 4.47. The second-order valence-corrected chi connectivity index (χ2v) is 4.10. The lowest BCUT2D eigenvalue weighted by Crippen LogP contribution is -2.01. The molecule has 2 nitrogen and oxygen atoms in total. The third kappa shape index (κ3) is 2.38. The number of hydrogen-bond acceptors (Lipinski definition) is 2. The van der Waals surface area contributed by atoms with Gasteiger partial charge in [0.15, 0.2) is 5.78 Å². The van der Waals surface area contributed by atoms with Gasteiger partial charge in [0, 0.05) is 0 Å². The summed E-state index contributed by atoms with van der Waals surface area (Å²) in [5.41, 5.74) is 1.66. The van der Waals surface area contributed by atoms with Crippen LogP contribution in [0.15, 0.2) is 28.4 Å². The van der Waals surface area contributed by atoms with Crippen molar-refractivity contribution < 1.29 is 9.21 Å². The van der Waals surface area contributed by atoms with Gasteiger partial charge in [-0.05, 0) is 44.2 Å². The molecule has 15 heavy (non-hydrogen) atoms. The number of allylic oxidation sites excluding steroid dienone is 2. The van der Waals surface area contributed by atoms with Gasteiger partial charge in [-0.1, -0.05) is 12.5 Å². The van der Waals surface area contributed by atoms with E-state index in [0.29, 0.717) is 5.56 Å². The molecule has 2 rings (SSSR count). The summed E-state index contributed by atoms with van der Waals surface area (Å²) < 4.78 is 5.16. The van der Waals surface area contributed by atoms with Gasteiger partial charge >= 0.3 is 0 Å². The van der Waals surface area contributed by atoms with Crippen molar-refractivity contribution in [2.45, 2.75) is 39.0 Å². The van der Waals surface area contributed by atoms with Crippen molar-refractivity contribution in [2.24, 2.45) is 0 Å². The first-order valence-electron chi connectivity index (χ1n) is 5.56. The van der Waals surface area contributed by atoms with E-state index in [0.717, 1.165) is 30.6 Å². The van der Waals surface area contributed by atoms with Crippen LogP contribution in [0.1, 0.15) is 48.2 Å². The lowest BCUT2D eigenvalue weighted by atomic mass is 10.0. The maximum absolute atomic E-state index is 12.0. The van der Waals surface area contributed by atoms with Crippen molar-refractivity contribution in [3.63, 3.8) is 0 Å². The molecule has 0 radical (unpaired) electrons. The van der Waals surface area contributed by atoms with Crippen molar-refractivity contribution in [2.75, 3.05) is 0 Å². The fourth-order valence-corrected chi connectivity index (χ4v) is 1.97. The topological polar surface area (TPSA) is 30.2 Å². The lowest BCUT2D eigenvalue weighted by Gasteiger charge is -2.00. The lowest BCUT2D eigenvalue weighted by molar-refractivity contribution is 0.103. The highest BCUT2D eigenvalue weighted by molar-refractivity contribution is 6.08. The van der Waals surface area contributed by atoms with Gasteiger partial charge in [-0.15, -0.1) is 0 Å². The Bertz CT molecular complexity index is 385. The van der Waals surface area contributed by atoms with Crippen LogP contribution >= 0.6 is 0 Å². The van der Waals surface area contributed by atoms with Crippen molar-refractivity contribution in [1.82, 2.24) is 0 Å². The number of rotatable bonds is 2. The predicted octanol–water partition coefficient (Wildman–Crippen LogP) is 3.66. The zero-order valence-electron chi connectivity index (χ0n) is 9.08. The first-order valence-corrected chi connectivity index (χ1v) is 5.56. The summed E-state index contributed by atoms with van der Waals surface area (Å²) in [5.74, 6) is 0.946. The number of aryl methyl sites for hydroxylation is 1. The Morgan fingerprint density at radius 1 is 1.33 bits per heavy atom. The van der Waals surface area contributed by atoms with E-state index >= 15 is 0 Å². The molecule has 0 aromatic carbocycles. The third-order valence-electron chi connectivity index (χ3n) is 2.83. The standard InChI is InChI=1S/C13H16O2/c1-10-8-12(9-15-10)13(14)11-6-4-2-3-5-7-11/h6,8-9H,2-5,7H2,1H3. The predicted molar refractivity (Wildman–Crippen MR) is 58.9 cm³/mol. The fourth-order valence-electron chi connectivity index (χ4n) is 1.97. The first kappa shape index (κ1) is 10.2. The molecular weight excluding hydrogens is 188 g/mol. The van der Waals surface area contributed by atoms with Gasteiger partial charge in [0.25, 0.3) is 0 Å². The summed E-state index contributed by atoms with van der Waals surface area (Å²) in [6, 6.07) is 1.81. The van der Waals surface area contributed by atoms with Gasteiger partial charge in [0.05, 0.1) is 5.56 Å². The molecule has 0 fully saturated rings. The molecule has 0 aliphatic heterocycles. The van der Waals surface area contributed by atoms with Crippen LogP contribution in [0, 0.1) is 6.92 Å². The molecule has 1 aliphatic carbocycles. The Morgan fingerprint density at radius 2 is 2.20 bits per heavy atom. The molecule has 1 heterocycles. The van der Waals surface area contributed by atoms with E-state index in [1.165, 1.54) is 12.8 Å². The molecule has 1 aliphatic rings. The van der Waals surface area contributed by atoms with Crippen LogP contribution in [0.2, 0.25) is 0 Å². The first-order chi connectivity index (χ1) is 7.27. The van der Waals surface area contributed by atoms with Crippen LogP contribution in [-0.4, -0.2) is 5.78 Å². The summed E-state index contributed by atoms with van der Waals surface area (Å²) in [5, 5.41) is 0. The van der Waals surface area contributed by atoms with Crippen LogP contribution in [0.25, 0.3) is 0 Å². The maximum Gasteiger partial charge on any atom is 0.191 e. The minimum absolute atomic E-state index is 0.147. The maximum atomic E-state index is 12.0. The number of ketones is 1. The van der Waals surface area contributed by atoms with Gasteiger partial charge in [-0.3, -0.25) is 4.79 Å². The third-order valence-corrected chi connectivity index (χ3v) is 2.83. The van der Waals surface area contributed by atoms with E-state index < -0.39 is 0 Å². The second-order valence-electron chi connectivity index (χ2n) is 4.10. The van der Waals surface area contributed by atoms with Crippen LogP contribution in [0.4, 0.5) is 0 Å². The fraction of sp³-hybridized carbons (Fsp3) is 0.462. The smallest absolute Gasteiger partial charge is 0.191 e. The van der Waals surface area contributed by atoms with Gasteiger partial charge in [-0.25, -0.2) is 0 Å². The Morgan fingerprint density at radius 3 is 2.93 bits per heavy atom. The molecule has 0 bridgehead atoms. The molecule has 1 aromatic heterocycles. The molecule has 80 valence electrons. The van der Waals surface area contributed by atoms with Crippen molar-refractivity contribution in [3.8, 4) is 0 Å². The van der Waals surface area contributed by atoms with E-state index in [2.05, 4.69) is 6.08 Å². The molecule has 0 saturated heterocycles. The number of carbonyl (C=O) groups is 1. The monoisotopic (exact) mass is 204 g/mol. The molecule has 0 spiro atoms. The summed E-state index contributed by atoms with van der Waals surface area (Å²) in [7, 11) is 0. The largest absolute Gasteiger partial charge is 0.469 e. The van der Waals surface area contributed by atoms with E-state index in [1.54, 1.807) is 6.26 Å². The number of carbonyl (C=O) groups excluding carboxylic acids is 1. The van der Waals surface area contributed by atoms with Crippen molar-refractivity contribution in [3.05, 3.63) is 35.3 Å². The van der Waals surface area contributed by atoms with Crippen LogP contribution < -0.4 is 0 Å². The molecule has 0 N–H and O–H groups in total. The van der Waals surface area contributed by atoms with Gasteiger partial charge in [0.1, 0.15) is 12.0 Å². The molecule has 1 aromatic rings. The minimum Gasteiger partial charge on any atom is -0.469 e. The summed E-state index contributed by atoms with van der Waals surface area (Å²) in [4.78, 5) is 12.0. The zero-order valence-corrected chi connectivity index (χ0v) is 9.08. The van der Waals surface area contributed by atoms with Gasteiger partial charge in [-0.2, -0.15) is 0 Å². The Hall–Kier alpha value is -1.31. The highest BCUT2D eigenvalue weighted by Gasteiger charge is 2.15. The van der Waals surface area contributed by atoms with Crippen LogP contribution in [0.5, 0.6) is 0 Å². The number of Topliss-reactive ketones (excluding diaryl/α,β-unsaturated/α-hetero) is 1. The SMILES string of the molecule is Cc1cc(C(=O)C2=CCCCCC2)co1. The minimum atomic E-state index is 0.147. The Labute approximate surface area is 90.0 Å². The summed E-state index contributed by atoms with van der Waals surface area (Å²) in [6.45, 7) is 1.86. The average Bonchev–Trinajstić information content (AvgIpc) is 2.53. The van der Waals surface area contributed by atoms with Crippen molar-refractivity contribution >= 4 is 5.78 Å². The molecular formula is C13H16O2. The number of hydrogen-bond donors (Lipinski definition) is 0. The molecule has 0 amide bonds. The van der Waals surface area contributed by atoms with Crippen molar-refractivity contribution in [1.29, 1.82) is 0 Å². The van der Waals surface area contributed by atoms with Crippen LogP contribution in [0.3, 0.4) is 0 Å². The average molecular weight is 204 g/mol. The molecule has 0 saturated carbocycles. The van der Waals surface area contributed by atoms with Gasteiger partial charge < -0.3 is 4.42 Å². The van der Waals surface area contributed by atoms with Gasteiger partial charge in [0.2, 0.25) is 0 Å². The molecule has 0 unspecified atom stereocenters. The highest BCUT2D eigenvalue weighted by atomic mass is 16.3. The highest BCUT2D eigenvalue weighted by Crippen LogP contribution is 2.21. The van der Waals surface area contributed by atoms with E-state index in [1.807, 2.05) is 13.0 Å². The zero-order chi connectivity index (χ0) is 10.7. The summed E-state index contributed by atoms with van der Waals surface area (Å²) >= 11 is 0. The Balaban J connectivity index is 2.16. The normalized spacial score (nSPS) is 17.0. The molecule has 2 heteroatoms. The Kier molecular flexibility index (Phi) is 3.05. The molecule has 0 atom stereocenters. The van der Waals surface area contributed by atoms with E-state index in [-0.39, 0.29) is 5.78 Å². The summed E-state index contributed by atoms with van der Waals surface area (Å²) in [6.07, 6.45) is 9.19. The number of furan rings is 1. The quantitative estimate of drug-likeness (QED) is 0.688.